The predicted octanol–water partition coefficient (Wildman–Crippen LogP) is 2.12. The van der Waals surface area contributed by atoms with Crippen LogP contribution in [0.2, 0.25) is 0 Å². The quantitative estimate of drug-likeness (QED) is 0.654. The number of hydrogen-bond donors (Lipinski definition) is 1. The van der Waals surface area contributed by atoms with Gasteiger partial charge in [0.2, 0.25) is 5.13 Å². The van der Waals surface area contributed by atoms with Gasteiger partial charge in [0.25, 0.3) is 5.56 Å². The normalized spacial score (nSPS) is 11.5. The molecule has 0 unspecified atom stereocenters. The molecule has 0 saturated heterocycles. The van der Waals surface area contributed by atoms with Crippen molar-refractivity contribution in [1.82, 2.24) is 24.5 Å². The number of aromatic nitrogens is 5. The van der Waals surface area contributed by atoms with Crippen molar-refractivity contribution in [2.24, 2.45) is 14.1 Å². The number of anilines is 2. The highest BCUT2D eigenvalue weighted by molar-refractivity contribution is 8.01. The average Bonchev–Trinajstić information content (AvgIpc) is 3.05. The van der Waals surface area contributed by atoms with Crippen LogP contribution in [-0.2, 0) is 14.1 Å². The average molecular weight is 432 g/mol. The van der Waals surface area contributed by atoms with Crippen molar-refractivity contribution in [3.8, 4) is 5.75 Å². The second-order valence-electron chi connectivity index (χ2n) is 5.25. The van der Waals surface area contributed by atoms with E-state index in [2.05, 4.69) is 25.3 Å². The molecule has 0 saturated carbocycles. The molecule has 0 aliphatic rings. The van der Waals surface area contributed by atoms with Gasteiger partial charge in [-0.1, -0.05) is 11.3 Å². The van der Waals surface area contributed by atoms with Crippen LogP contribution in [0.4, 0.5) is 24.0 Å². The Morgan fingerprint density at radius 3 is 2.46 bits per heavy atom. The van der Waals surface area contributed by atoms with E-state index in [-0.39, 0.29) is 10.8 Å². The van der Waals surface area contributed by atoms with Crippen molar-refractivity contribution in [3.63, 3.8) is 0 Å². The minimum absolute atomic E-state index is 0.0564. The number of rotatable bonds is 5. The van der Waals surface area contributed by atoms with Gasteiger partial charge in [-0.15, -0.1) is 23.4 Å². The van der Waals surface area contributed by atoms with Crippen molar-refractivity contribution in [2.45, 2.75) is 15.7 Å². The first-order chi connectivity index (χ1) is 13.1. The van der Waals surface area contributed by atoms with Gasteiger partial charge in [0, 0.05) is 19.8 Å². The van der Waals surface area contributed by atoms with Gasteiger partial charge < -0.3 is 10.1 Å². The summed E-state index contributed by atoms with van der Waals surface area (Å²) in [5.74, 6) is -0.344. The lowest BCUT2D eigenvalue weighted by molar-refractivity contribution is -0.274. The van der Waals surface area contributed by atoms with E-state index in [1.165, 1.54) is 26.2 Å². The van der Waals surface area contributed by atoms with Gasteiger partial charge in [0.15, 0.2) is 9.37 Å². The van der Waals surface area contributed by atoms with E-state index in [0.717, 1.165) is 44.5 Å². The lowest BCUT2D eigenvalue weighted by atomic mass is 10.3. The molecular weight excluding hydrogens is 421 g/mol. The fraction of sp³-hybridized carbons (Fsp3) is 0.214. The van der Waals surface area contributed by atoms with Gasteiger partial charge in [-0.2, -0.15) is 5.10 Å². The number of alkyl halides is 3. The third kappa shape index (κ3) is 4.69. The molecular formula is C14H11F3N6O3S2. The van der Waals surface area contributed by atoms with Crippen molar-refractivity contribution < 1.29 is 17.9 Å². The summed E-state index contributed by atoms with van der Waals surface area (Å²) in [4.78, 5) is 23.7. The summed E-state index contributed by atoms with van der Waals surface area (Å²) >= 11 is 2.05. The first-order valence-electron chi connectivity index (χ1n) is 7.41. The Kier molecular flexibility index (Phi) is 5.42. The van der Waals surface area contributed by atoms with Crippen LogP contribution in [0.1, 0.15) is 0 Å². The molecule has 148 valence electrons. The zero-order chi connectivity index (χ0) is 20.5. The topological polar surface area (TPSA) is 104 Å². The first kappa shape index (κ1) is 19.9. The van der Waals surface area contributed by atoms with Gasteiger partial charge in [-0.25, -0.2) is 9.48 Å². The van der Waals surface area contributed by atoms with Gasteiger partial charge in [0.1, 0.15) is 5.75 Å². The fourth-order valence-electron chi connectivity index (χ4n) is 1.98. The molecule has 2 aromatic heterocycles. The molecule has 3 rings (SSSR count). The monoisotopic (exact) mass is 432 g/mol. The minimum atomic E-state index is -4.76. The van der Waals surface area contributed by atoms with Crippen molar-refractivity contribution in [3.05, 3.63) is 45.1 Å². The van der Waals surface area contributed by atoms with Gasteiger partial charge in [-0.3, -0.25) is 9.36 Å². The molecule has 1 aromatic carbocycles. The van der Waals surface area contributed by atoms with Crippen LogP contribution < -0.4 is 21.3 Å². The van der Waals surface area contributed by atoms with Crippen molar-refractivity contribution in [2.75, 3.05) is 5.32 Å². The van der Waals surface area contributed by atoms with Crippen LogP contribution in [0, 0.1) is 0 Å². The second kappa shape index (κ2) is 7.63. The highest BCUT2D eigenvalue weighted by atomic mass is 32.2. The maximum atomic E-state index is 12.2. The van der Waals surface area contributed by atoms with Crippen molar-refractivity contribution >= 4 is 33.9 Å². The van der Waals surface area contributed by atoms with Crippen LogP contribution >= 0.6 is 23.1 Å². The molecule has 0 aliphatic heterocycles. The van der Waals surface area contributed by atoms with E-state index >= 15 is 0 Å². The van der Waals surface area contributed by atoms with Crippen molar-refractivity contribution in [1.29, 1.82) is 0 Å². The third-order valence-electron chi connectivity index (χ3n) is 3.22. The minimum Gasteiger partial charge on any atom is -0.406 e. The van der Waals surface area contributed by atoms with E-state index in [0.29, 0.717) is 15.2 Å². The number of benzene rings is 1. The largest absolute Gasteiger partial charge is 0.573 e. The molecule has 0 bridgehead atoms. The van der Waals surface area contributed by atoms with E-state index in [4.69, 9.17) is 0 Å². The lowest BCUT2D eigenvalue weighted by Gasteiger charge is -2.09. The highest BCUT2D eigenvalue weighted by Crippen LogP contribution is 2.31. The smallest absolute Gasteiger partial charge is 0.406 e. The summed E-state index contributed by atoms with van der Waals surface area (Å²) in [7, 11) is 2.76. The molecule has 0 spiro atoms. The van der Waals surface area contributed by atoms with E-state index in [9.17, 15) is 22.8 Å². The predicted molar refractivity (Wildman–Crippen MR) is 95.2 cm³/mol. The molecule has 0 radical (unpaired) electrons. The number of nitrogens with zero attached hydrogens (tertiary/aromatic N) is 5. The number of ether oxygens (including phenoxy) is 1. The lowest BCUT2D eigenvalue weighted by Crippen LogP contribution is -2.39. The Morgan fingerprint density at radius 2 is 1.82 bits per heavy atom. The third-order valence-corrected chi connectivity index (χ3v) is 5.06. The number of aryl methyl sites for hydroxylation is 1. The Bertz CT molecular complexity index is 1110. The molecule has 0 amide bonds. The Hall–Kier alpha value is -2.87. The fourth-order valence-corrected chi connectivity index (χ4v) is 3.75. The number of halogens is 3. The molecule has 9 nitrogen and oxygen atoms in total. The summed E-state index contributed by atoms with van der Waals surface area (Å²) in [5.41, 5.74) is -0.636. The molecule has 2 heterocycles. The number of hydrogen-bond acceptors (Lipinski definition) is 9. The van der Waals surface area contributed by atoms with E-state index in [1.807, 2.05) is 0 Å². The zero-order valence-corrected chi connectivity index (χ0v) is 15.9. The number of nitrogens with one attached hydrogen (secondary N) is 1. The van der Waals surface area contributed by atoms with Crippen LogP contribution in [0.25, 0.3) is 0 Å². The molecule has 3 aromatic rings. The summed E-state index contributed by atoms with van der Waals surface area (Å²) in [5, 5.41) is 15.0. The molecule has 1 N–H and O–H groups in total. The highest BCUT2D eigenvalue weighted by Gasteiger charge is 2.30. The summed E-state index contributed by atoms with van der Waals surface area (Å²) in [6, 6.07) is 5.09. The van der Waals surface area contributed by atoms with Crippen LogP contribution in [0.15, 0.2) is 43.2 Å². The first-order valence-corrected chi connectivity index (χ1v) is 9.04. The maximum absolute atomic E-state index is 12.2. The summed E-state index contributed by atoms with van der Waals surface area (Å²) in [6.07, 6.45) is -4.76. The molecule has 0 atom stereocenters. The van der Waals surface area contributed by atoms with Gasteiger partial charge in [-0.05, 0) is 36.0 Å². The summed E-state index contributed by atoms with van der Waals surface area (Å²) < 4.78 is 42.7. The maximum Gasteiger partial charge on any atom is 0.573 e. The Labute approximate surface area is 162 Å². The van der Waals surface area contributed by atoms with Crippen LogP contribution in [-0.4, -0.2) is 30.9 Å². The van der Waals surface area contributed by atoms with Gasteiger partial charge in [0.05, 0.1) is 0 Å². The second-order valence-corrected chi connectivity index (χ2v) is 7.46. The molecule has 0 aliphatic carbocycles. The zero-order valence-electron chi connectivity index (χ0n) is 14.2. The molecule has 14 heteroatoms. The standard InChI is InChI=1S/C14H11F3N6O3S2/c1-22-10(24)9(21-23(2)13(22)25)27-12-20-19-11(28-12)18-7-3-5-8(6-4-7)26-14(15,16)17/h3-6H,1-2H3,(H,18,19). The molecule has 28 heavy (non-hydrogen) atoms. The van der Waals surface area contributed by atoms with E-state index in [1.54, 1.807) is 0 Å². The van der Waals surface area contributed by atoms with E-state index < -0.39 is 17.6 Å². The molecule has 0 fully saturated rings. The Morgan fingerprint density at radius 1 is 1.14 bits per heavy atom. The Balaban J connectivity index is 1.71. The SMILES string of the molecule is Cn1nc(Sc2nnc(Nc3ccc(OC(F)(F)F)cc3)s2)c(=O)n(C)c1=O. The van der Waals surface area contributed by atoms with Crippen LogP contribution in [0.3, 0.4) is 0 Å². The van der Waals surface area contributed by atoms with Gasteiger partial charge >= 0.3 is 12.1 Å². The van der Waals surface area contributed by atoms with Crippen LogP contribution in [0.5, 0.6) is 5.75 Å². The summed E-state index contributed by atoms with van der Waals surface area (Å²) in [6.45, 7) is 0.